The molecule has 0 saturated carbocycles. The van der Waals surface area contributed by atoms with Crippen molar-refractivity contribution in [2.75, 3.05) is 32.5 Å². The van der Waals surface area contributed by atoms with E-state index in [0.29, 0.717) is 17.0 Å². The molecule has 1 heterocycles. The summed E-state index contributed by atoms with van der Waals surface area (Å²) in [6.45, 7) is 5.34. The Bertz CT molecular complexity index is 478. The summed E-state index contributed by atoms with van der Waals surface area (Å²) in [6.07, 6.45) is 2.01. The highest BCUT2D eigenvalue weighted by molar-refractivity contribution is 5.95. The third kappa shape index (κ3) is 3.42. The molecule has 20 heavy (non-hydrogen) atoms. The zero-order valence-corrected chi connectivity index (χ0v) is 12.2. The Hall–Kier alpha value is -1.75. The van der Waals surface area contributed by atoms with Gasteiger partial charge < -0.3 is 20.7 Å². The van der Waals surface area contributed by atoms with Crippen molar-refractivity contribution in [3.05, 3.63) is 23.8 Å². The van der Waals surface area contributed by atoms with E-state index in [1.807, 2.05) is 0 Å². The van der Waals surface area contributed by atoms with E-state index >= 15 is 0 Å². The van der Waals surface area contributed by atoms with Crippen molar-refractivity contribution in [2.45, 2.75) is 25.8 Å². The Balaban J connectivity index is 0.00000220. The van der Waals surface area contributed by atoms with Crippen molar-refractivity contribution in [3.8, 4) is 5.75 Å². The van der Waals surface area contributed by atoms with Crippen molar-refractivity contribution < 1.29 is 12.4 Å². The highest BCUT2D eigenvalue weighted by Gasteiger charge is 2.20. The Labute approximate surface area is 123 Å². The number of anilines is 1. The van der Waals surface area contributed by atoms with Crippen LogP contribution in [0.1, 0.15) is 33.0 Å². The molecule has 0 unspecified atom stereocenters. The SMILES string of the molecule is CCN1CCC(NC(=O)c2ccc(N)c(OC)c2)CC1.[HH].[HH]. The molecular weight excluding hydrogens is 254 g/mol. The summed E-state index contributed by atoms with van der Waals surface area (Å²) in [5, 5.41) is 3.09. The van der Waals surface area contributed by atoms with Crippen LogP contribution in [0.3, 0.4) is 0 Å². The first kappa shape index (κ1) is 14.7. The van der Waals surface area contributed by atoms with Crippen LogP contribution in [-0.2, 0) is 0 Å². The number of nitrogens with two attached hydrogens (primary N) is 1. The van der Waals surface area contributed by atoms with Gasteiger partial charge in [0.1, 0.15) is 5.75 Å². The second-order valence-corrected chi connectivity index (χ2v) is 5.14. The predicted octanol–water partition coefficient (Wildman–Crippen LogP) is 1.98. The maximum Gasteiger partial charge on any atom is 0.251 e. The first-order valence-electron chi connectivity index (χ1n) is 7.10. The molecule has 3 N–H and O–H groups in total. The molecule has 2 rings (SSSR count). The first-order valence-corrected chi connectivity index (χ1v) is 7.10. The number of likely N-dealkylation sites (tertiary alicyclic amines) is 1. The average molecular weight is 281 g/mol. The summed E-state index contributed by atoms with van der Waals surface area (Å²) in [7, 11) is 1.55. The van der Waals surface area contributed by atoms with Gasteiger partial charge in [-0.05, 0) is 37.6 Å². The summed E-state index contributed by atoms with van der Waals surface area (Å²) in [5.41, 5.74) is 6.89. The van der Waals surface area contributed by atoms with Crippen LogP contribution >= 0.6 is 0 Å². The molecular formula is C15H27N3O2. The van der Waals surface area contributed by atoms with Crippen LogP contribution in [0.4, 0.5) is 5.69 Å². The highest BCUT2D eigenvalue weighted by atomic mass is 16.5. The molecule has 0 radical (unpaired) electrons. The number of carbonyl (C=O) groups is 1. The number of carbonyl (C=O) groups excluding carboxylic acids is 1. The molecule has 1 amide bonds. The lowest BCUT2D eigenvalue weighted by Gasteiger charge is -2.31. The molecule has 1 aliphatic rings. The Kier molecular flexibility index (Phi) is 4.84. The largest absolute Gasteiger partial charge is 0.495 e. The number of hydrogen-bond donors (Lipinski definition) is 2. The molecule has 0 aliphatic carbocycles. The Morgan fingerprint density at radius 1 is 1.50 bits per heavy atom. The summed E-state index contributed by atoms with van der Waals surface area (Å²) < 4.78 is 5.14. The van der Waals surface area contributed by atoms with Gasteiger partial charge in [0.25, 0.3) is 5.91 Å². The van der Waals surface area contributed by atoms with Gasteiger partial charge in [0.05, 0.1) is 12.8 Å². The maximum absolute atomic E-state index is 12.2. The lowest BCUT2D eigenvalue weighted by Crippen LogP contribution is -2.44. The third-order valence-corrected chi connectivity index (χ3v) is 3.87. The number of nitrogen functional groups attached to an aromatic ring is 1. The second-order valence-electron chi connectivity index (χ2n) is 5.14. The van der Waals surface area contributed by atoms with Gasteiger partial charge in [0.15, 0.2) is 0 Å². The van der Waals surface area contributed by atoms with Gasteiger partial charge >= 0.3 is 0 Å². The number of benzene rings is 1. The number of amides is 1. The standard InChI is InChI=1S/C15H23N3O2.2H2/c1-3-18-8-6-12(7-9-18)17-15(19)11-4-5-13(16)14(10-11)20-2;;/h4-5,10,12H,3,6-9,16H2,1-2H3,(H,17,19);2*1H. The van der Waals surface area contributed by atoms with Crippen LogP contribution in [-0.4, -0.2) is 43.6 Å². The number of ether oxygens (including phenoxy) is 1. The minimum absolute atomic E-state index is 0. The lowest BCUT2D eigenvalue weighted by atomic mass is 10.0. The van der Waals surface area contributed by atoms with Gasteiger partial charge in [-0.2, -0.15) is 0 Å². The van der Waals surface area contributed by atoms with E-state index in [1.54, 1.807) is 25.3 Å². The second kappa shape index (κ2) is 6.61. The molecule has 1 aromatic rings. The molecule has 1 fully saturated rings. The van der Waals surface area contributed by atoms with E-state index in [2.05, 4.69) is 17.1 Å². The van der Waals surface area contributed by atoms with E-state index in [1.165, 1.54) is 0 Å². The molecule has 5 nitrogen and oxygen atoms in total. The zero-order chi connectivity index (χ0) is 14.5. The van der Waals surface area contributed by atoms with Crippen molar-refractivity contribution in [1.29, 1.82) is 0 Å². The fraction of sp³-hybridized carbons (Fsp3) is 0.533. The van der Waals surface area contributed by atoms with Crippen LogP contribution in [0.25, 0.3) is 0 Å². The van der Waals surface area contributed by atoms with Gasteiger partial charge in [0.2, 0.25) is 0 Å². The molecule has 0 aromatic heterocycles. The smallest absolute Gasteiger partial charge is 0.251 e. The number of methoxy groups -OCH3 is 1. The topological polar surface area (TPSA) is 67.6 Å². The maximum atomic E-state index is 12.2. The van der Waals surface area contributed by atoms with Gasteiger partial charge in [-0.1, -0.05) is 6.92 Å². The summed E-state index contributed by atoms with van der Waals surface area (Å²) >= 11 is 0. The number of nitrogens with zero attached hydrogens (tertiary/aromatic N) is 1. The molecule has 0 spiro atoms. The van der Waals surface area contributed by atoms with E-state index in [0.717, 1.165) is 32.5 Å². The molecule has 1 aromatic carbocycles. The van der Waals surface area contributed by atoms with Crippen molar-refractivity contribution in [2.24, 2.45) is 0 Å². The summed E-state index contributed by atoms with van der Waals surface area (Å²) in [5.74, 6) is 0.483. The van der Waals surface area contributed by atoms with Crippen LogP contribution < -0.4 is 15.8 Å². The molecule has 114 valence electrons. The Morgan fingerprint density at radius 3 is 2.80 bits per heavy atom. The molecule has 0 bridgehead atoms. The van der Waals surface area contributed by atoms with Gasteiger partial charge in [0, 0.05) is 27.5 Å². The van der Waals surface area contributed by atoms with Gasteiger partial charge in [-0.25, -0.2) is 0 Å². The normalized spacial score (nSPS) is 16.9. The molecule has 1 saturated heterocycles. The first-order chi connectivity index (χ1) is 9.63. The van der Waals surface area contributed by atoms with Crippen LogP contribution in [0.15, 0.2) is 18.2 Å². The fourth-order valence-electron chi connectivity index (χ4n) is 2.51. The zero-order valence-electron chi connectivity index (χ0n) is 12.2. The molecule has 1 aliphatic heterocycles. The van der Waals surface area contributed by atoms with Crippen molar-refractivity contribution in [1.82, 2.24) is 10.2 Å². The van der Waals surface area contributed by atoms with Crippen molar-refractivity contribution >= 4 is 11.6 Å². The summed E-state index contributed by atoms with van der Waals surface area (Å²) in [4.78, 5) is 14.6. The highest BCUT2D eigenvalue weighted by Crippen LogP contribution is 2.22. The van der Waals surface area contributed by atoms with E-state index in [9.17, 15) is 4.79 Å². The van der Waals surface area contributed by atoms with Crippen molar-refractivity contribution in [3.63, 3.8) is 0 Å². The number of piperidine rings is 1. The van der Waals surface area contributed by atoms with Crippen LogP contribution in [0, 0.1) is 0 Å². The Morgan fingerprint density at radius 2 is 2.20 bits per heavy atom. The van der Waals surface area contributed by atoms with E-state index in [4.69, 9.17) is 10.5 Å². The molecule has 0 atom stereocenters. The lowest BCUT2D eigenvalue weighted by molar-refractivity contribution is 0.0912. The predicted molar refractivity (Wildman–Crippen MR) is 84.2 cm³/mol. The summed E-state index contributed by atoms with van der Waals surface area (Å²) in [6, 6.07) is 5.38. The third-order valence-electron chi connectivity index (χ3n) is 3.87. The van der Waals surface area contributed by atoms with E-state index < -0.39 is 0 Å². The van der Waals surface area contributed by atoms with E-state index in [-0.39, 0.29) is 14.8 Å². The monoisotopic (exact) mass is 281 g/mol. The molecule has 5 heteroatoms. The minimum Gasteiger partial charge on any atom is -0.495 e. The van der Waals surface area contributed by atoms with Gasteiger partial charge in [-0.3, -0.25) is 4.79 Å². The van der Waals surface area contributed by atoms with Gasteiger partial charge in [-0.15, -0.1) is 0 Å². The minimum atomic E-state index is -0.0572. The number of nitrogens with one attached hydrogen (secondary N) is 1. The number of rotatable bonds is 4. The van der Waals surface area contributed by atoms with Crippen LogP contribution in [0.2, 0.25) is 0 Å². The number of hydrogen-bond acceptors (Lipinski definition) is 4. The van der Waals surface area contributed by atoms with Crippen LogP contribution in [0.5, 0.6) is 5.75 Å². The average Bonchev–Trinajstić information content (AvgIpc) is 2.48. The fourth-order valence-corrected chi connectivity index (χ4v) is 2.51. The quantitative estimate of drug-likeness (QED) is 0.828.